The van der Waals surface area contributed by atoms with E-state index in [-0.39, 0.29) is 6.04 Å². The minimum absolute atomic E-state index is 0.171. The molecule has 5 nitrogen and oxygen atoms in total. The number of nitrogens with zero attached hydrogens (tertiary/aromatic N) is 4. The lowest BCUT2D eigenvalue weighted by atomic mass is 10.2. The first-order valence-corrected chi connectivity index (χ1v) is 7.08. The SMILES string of the molecule is Cc1c(Cl)nc2ncnn2c1NC(C)c1cccs1. The van der Waals surface area contributed by atoms with E-state index in [0.717, 1.165) is 11.4 Å². The highest BCUT2D eigenvalue weighted by Gasteiger charge is 2.15. The number of halogens is 1. The molecule has 3 aromatic heterocycles. The van der Waals surface area contributed by atoms with Gasteiger partial charge in [-0.2, -0.15) is 19.6 Å². The first kappa shape index (κ1) is 12.4. The summed E-state index contributed by atoms with van der Waals surface area (Å²) in [4.78, 5) is 9.50. The van der Waals surface area contributed by atoms with E-state index < -0.39 is 0 Å². The second-order valence-corrected chi connectivity index (χ2v) is 5.57. The molecule has 3 rings (SSSR count). The van der Waals surface area contributed by atoms with Gasteiger partial charge in [0, 0.05) is 10.4 Å². The lowest BCUT2D eigenvalue weighted by molar-refractivity contribution is 0.847. The summed E-state index contributed by atoms with van der Waals surface area (Å²) in [5.41, 5.74) is 0.864. The highest BCUT2D eigenvalue weighted by atomic mass is 35.5. The predicted molar refractivity (Wildman–Crippen MR) is 76.9 cm³/mol. The van der Waals surface area contributed by atoms with Gasteiger partial charge in [-0.3, -0.25) is 0 Å². The van der Waals surface area contributed by atoms with Gasteiger partial charge < -0.3 is 5.32 Å². The van der Waals surface area contributed by atoms with Crippen molar-refractivity contribution >= 4 is 34.5 Å². The maximum atomic E-state index is 6.13. The maximum Gasteiger partial charge on any atom is 0.255 e. The third kappa shape index (κ3) is 2.17. The number of aromatic nitrogens is 4. The summed E-state index contributed by atoms with van der Waals surface area (Å²) in [5, 5.41) is 10.1. The van der Waals surface area contributed by atoms with Crippen LogP contribution in [-0.4, -0.2) is 19.6 Å². The summed E-state index contributed by atoms with van der Waals surface area (Å²) < 4.78 is 1.67. The summed E-state index contributed by atoms with van der Waals surface area (Å²) in [6.07, 6.45) is 1.47. The number of fused-ring (bicyclic) bond motifs is 1. The standard InChI is InChI=1S/C12H12ClN5S/c1-7-10(13)17-12-14-6-15-18(12)11(7)16-8(2)9-4-3-5-19-9/h3-6,8,16H,1-2H3. The summed E-state index contributed by atoms with van der Waals surface area (Å²) in [6, 6.07) is 4.30. The van der Waals surface area contributed by atoms with Crippen LogP contribution < -0.4 is 5.32 Å². The molecule has 0 fully saturated rings. The molecular formula is C12H12ClN5S. The monoisotopic (exact) mass is 293 g/mol. The molecule has 7 heteroatoms. The van der Waals surface area contributed by atoms with E-state index in [2.05, 4.69) is 38.8 Å². The molecule has 3 aromatic rings. The molecule has 1 atom stereocenters. The normalized spacial score (nSPS) is 12.8. The molecule has 98 valence electrons. The molecule has 0 saturated heterocycles. The molecule has 1 N–H and O–H groups in total. The second-order valence-electron chi connectivity index (χ2n) is 4.23. The summed E-state index contributed by atoms with van der Waals surface area (Å²) >= 11 is 7.84. The lowest BCUT2D eigenvalue weighted by Gasteiger charge is -2.16. The molecule has 0 aliphatic carbocycles. The van der Waals surface area contributed by atoms with Gasteiger partial charge in [-0.15, -0.1) is 11.3 Å². The Bertz CT molecular complexity index is 706. The summed E-state index contributed by atoms with van der Waals surface area (Å²) in [7, 11) is 0. The van der Waals surface area contributed by atoms with E-state index in [1.54, 1.807) is 15.9 Å². The molecular weight excluding hydrogens is 282 g/mol. The molecule has 0 aliphatic rings. The average molecular weight is 294 g/mol. The van der Waals surface area contributed by atoms with Crippen molar-refractivity contribution in [1.29, 1.82) is 0 Å². The fourth-order valence-electron chi connectivity index (χ4n) is 1.88. The zero-order chi connectivity index (χ0) is 13.4. The van der Waals surface area contributed by atoms with Gasteiger partial charge in [-0.05, 0) is 25.3 Å². The van der Waals surface area contributed by atoms with Gasteiger partial charge in [0.2, 0.25) is 0 Å². The minimum Gasteiger partial charge on any atom is -0.362 e. The Morgan fingerprint density at radius 1 is 1.47 bits per heavy atom. The Balaban J connectivity index is 2.04. The zero-order valence-electron chi connectivity index (χ0n) is 10.5. The predicted octanol–water partition coefficient (Wildman–Crippen LogP) is 3.32. The van der Waals surface area contributed by atoms with Crippen LogP contribution in [0.1, 0.15) is 23.4 Å². The van der Waals surface area contributed by atoms with Crippen LogP contribution in [0.15, 0.2) is 23.8 Å². The van der Waals surface area contributed by atoms with E-state index in [1.807, 2.05) is 13.0 Å². The Morgan fingerprint density at radius 2 is 2.32 bits per heavy atom. The van der Waals surface area contributed by atoms with Crippen molar-refractivity contribution in [2.45, 2.75) is 19.9 Å². The second kappa shape index (κ2) is 4.79. The number of hydrogen-bond acceptors (Lipinski definition) is 5. The van der Waals surface area contributed by atoms with E-state index in [0.29, 0.717) is 10.9 Å². The van der Waals surface area contributed by atoms with E-state index in [4.69, 9.17) is 11.6 Å². The number of nitrogens with one attached hydrogen (secondary N) is 1. The van der Waals surface area contributed by atoms with E-state index in [1.165, 1.54) is 11.2 Å². The molecule has 0 saturated carbocycles. The first-order chi connectivity index (χ1) is 9.16. The van der Waals surface area contributed by atoms with Crippen LogP contribution in [0.5, 0.6) is 0 Å². The van der Waals surface area contributed by atoms with Gasteiger partial charge in [-0.25, -0.2) is 0 Å². The zero-order valence-corrected chi connectivity index (χ0v) is 12.0. The fourth-order valence-corrected chi connectivity index (χ4v) is 2.78. The molecule has 1 unspecified atom stereocenters. The van der Waals surface area contributed by atoms with Crippen molar-refractivity contribution < 1.29 is 0 Å². The first-order valence-electron chi connectivity index (χ1n) is 5.82. The average Bonchev–Trinajstić information content (AvgIpc) is 3.04. The summed E-state index contributed by atoms with van der Waals surface area (Å²) in [5.74, 6) is 1.32. The number of anilines is 1. The molecule has 0 aliphatic heterocycles. The smallest absolute Gasteiger partial charge is 0.255 e. The van der Waals surface area contributed by atoms with Crippen LogP contribution in [0.3, 0.4) is 0 Å². The Labute approximate surface area is 119 Å². The minimum atomic E-state index is 0.171. The van der Waals surface area contributed by atoms with Crippen LogP contribution in [0, 0.1) is 6.92 Å². The van der Waals surface area contributed by atoms with Crippen molar-refractivity contribution in [3.05, 3.63) is 39.4 Å². The number of rotatable bonds is 3. The molecule has 3 heterocycles. The quantitative estimate of drug-likeness (QED) is 0.753. The Morgan fingerprint density at radius 3 is 3.05 bits per heavy atom. The van der Waals surface area contributed by atoms with Gasteiger partial charge >= 0.3 is 0 Å². The molecule has 19 heavy (non-hydrogen) atoms. The van der Waals surface area contributed by atoms with Crippen LogP contribution in [0.4, 0.5) is 5.82 Å². The van der Waals surface area contributed by atoms with Crippen LogP contribution in [-0.2, 0) is 0 Å². The summed E-state index contributed by atoms with van der Waals surface area (Å²) in [6.45, 7) is 4.02. The van der Waals surface area contributed by atoms with E-state index >= 15 is 0 Å². The van der Waals surface area contributed by atoms with Gasteiger partial charge in [0.1, 0.15) is 17.3 Å². The van der Waals surface area contributed by atoms with Gasteiger partial charge in [0.25, 0.3) is 5.78 Å². The van der Waals surface area contributed by atoms with Gasteiger partial charge in [-0.1, -0.05) is 17.7 Å². The molecule has 0 radical (unpaired) electrons. The van der Waals surface area contributed by atoms with Gasteiger partial charge in [0.15, 0.2) is 0 Å². The highest BCUT2D eigenvalue weighted by Crippen LogP contribution is 2.27. The number of hydrogen-bond donors (Lipinski definition) is 1. The van der Waals surface area contributed by atoms with Crippen molar-refractivity contribution in [2.75, 3.05) is 5.32 Å². The maximum absolute atomic E-state index is 6.13. The van der Waals surface area contributed by atoms with Crippen molar-refractivity contribution in [2.24, 2.45) is 0 Å². The molecule has 0 bridgehead atoms. The fraction of sp³-hybridized carbons (Fsp3) is 0.250. The Kier molecular flexibility index (Phi) is 3.12. The molecule has 0 spiro atoms. The highest BCUT2D eigenvalue weighted by molar-refractivity contribution is 7.10. The lowest BCUT2D eigenvalue weighted by Crippen LogP contribution is -2.12. The van der Waals surface area contributed by atoms with Gasteiger partial charge in [0.05, 0.1) is 6.04 Å². The topological polar surface area (TPSA) is 55.1 Å². The van der Waals surface area contributed by atoms with Crippen LogP contribution in [0.2, 0.25) is 5.15 Å². The van der Waals surface area contributed by atoms with Crippen LogP contribution >= 0.6 is 22.9 Å². The van der Waals surface area contributed by atoms with Crippen molar-refractivity contribution in [3.8, 4) is 0 Å². The third-order valence-corrected chi connectivity index (χ3v) is 4.35. The largest absolute Gasteiger partial charge is 0.362 e. The molecule has 0 amide bonds. The van der Waals surface area contributed by atoms with Crippen molar-refractivity contribution in [1.82, 2.24) is 19.6 Å². The Hall–Kier alpha value is -1.66. The third-order valence-electron chi connectivity index (χ3n) is 2.93. The molecule has 0 aromatic carbocycles. The van der Waals surface area contributed by atoms with Crippen LogP contribution in [0.25, 0.3) is 5.78 Å². The number of thiophene rings is 1. The van der Waals surface area contributed by atoms with E-state index in [9.17, 15) is 0 Å². The van der Waals surface area contributed by atoms with Crippen molar-refractivity contribution in [3.63, 3.8) is 0 Å².